The molecule has 0 spiro atoms. The Balaban J connectivity index is 2.41. The van der Waals surface area contributed by atoms with Gasteiger partial charge < -0.3 is 5.32 Å². The molecule has 0 unspecified atom stereocenters. The number of carbonyl (C=O) groups excluding carboxylic acids is 1. The minimum Gasteiger partial charge on any atom is -0.352 e. The maximum absolute atomic E-state index is 12.3. The van der Waals surface area contributed by atoms with E-state index in [1.54, 1.807) is 0 Å². The SMILES string of the molecule is O=C1Cc2nc(C(F)(F)F)ccc2CN1. The molecule has 0 radical (unpaired) electrons. The van der Waals surface area contributed by atoms with Crippen LogP contribution in [0.15, 0.2) is 12.1 Å². The molecule has 1 aliphatic heterocycles. The number of nitrogens with one attached hydrogen (secondary N) is 1. The van der Waals surface area contributed by atoms with Crippen molar-refractivity contribution in [2.75, 3.05) is 0 Å². The second-order valence-corrected chi connectivity index (χ2v) is 3.25. The van der Waals surface area contributed by atoms with Gasteiger partial charge in [-0.15, -0.1) is 0 Å². The fraction of sp³-hybridized carbons (Fsp3) is 0.333. The van der Waals surface area contributed by atoms with E-state index in [1.807, 2.05) is 0 Å². The van der Waals surface area contributed by atoms with Crippen molar-refractivity contribution < 1.29 is 18.0 Å². The lowest BCUT2D eigenvalue weighted by molar-refractivity contribution is -0.141. The normalized spacial score (nSPS) is 15.8. The third-order valence-electron chi connectivity index (χ3n) is 2.16. The van der Waals surface area contributed by atoms with Crippen LogP contribution in [0.1, 0.15) is 17.0 Å². The van der Waals surface area contributed by atoms with E-state index in [2.05, 4.69) is 10.3 Å². The highest BCUT2D eigenvalue weighted by Crippen LogP contribution is 2.28. The Morgan fingerprint density at radius 1 is 1.33 bits per heavy atom. The van der Waals surface area contributed by atoms with Crippen molar-refractivity contribution in [2.45, 2.75) is 19.1 Å². The lowest BCUT2D eigenvalue weighted by Crippen LogP contribution is -2.31. The number of nitrogens with zero attached hydrogens (tertiary/aromatic N) is 1. The first-order chi connectivity index (χ1) is 6.97. The van der Waals surface area contributed by atoms with E-state index in [0.29, 0.717) is 5.56 Å². The number of alkyl halides is 3. The number of carbonyl (C=O) groups is 1. The Kier molecular flexibility index (Phi) is 2.13. The van der Waals surface area contributed by atoms with Gasteiger partial charge in [0.2, 0.25) is 5.91 Å². The van der Waals surface area contributed by atoms with Crippen LogP contribution in [-0.4, -0.2) is 10.9 Å². The minimum absolute atomic E-state index is 0.0841. The smallest absolute Gasteiger partial charge is 0.352 e. The van der Waals surface area contributed by atoms with Gasteiger partial charge in [-0.2, -0.15) is 13.2 Å². The molecule has 3 nitrogen and oxygen atoms in total. The first-order valence-electron chi connectivity index (χ1n) is 4.29. The number of hydrogen-bond donors (Lipinski definition) is 1. The molecule has 0 aliphatic carbocycles. The summed E-state index contributed by atoms with van der Waals surface area (Å²) >= 11 is 0. The predicted octanol–water partition coefficient (Wildman–Crippen LogP) is 1.27. The molecular formula is C9H7F3N2O. The van der Waals surface area contributed by atoms with Crippen LogP contribution in [0.2, 0.25) is 0 Å². The summed E-state index contributed by atoms with van der Waals surface area (Å²) in [7, 11) is 0. The van der Waals surface area contributed by atoms with Crippen LogP contribution in [0, 0.1) is 0 Å². The van der Waals surface area contributed by atoms with E-state index < -0.39 is 11.9 Å². The number of hydrogen-bond acceptors (Lipinski definition) is 2. The van der Waals surface area contributed by atoms with Crippen LogP contribution in [0.3, 0.4) is 0 Å². The molecule has 0 bridgehead atoms. The van der Waals surface area contributed by atoms with Crippen molar-refractivity contribution >= 4 is 5.91 Å². The van der Waals surface area contributed by atoms with Gasteiger partial charge >= 0.3 is 6.18 Å². The van der Waals surface area contributed by atoms with Crippen molar-refractivity contribution in [3.63, 3.8) is 0 Å². The fourth-order valence-corrected chi connectivity index (χ4v) is 1.41. The van der Waals surface area contributed by atoms with Crippen molar-refractivity contribution in [1.29, 1.82) is 0 Å². The van der Waals surface area contributed by atoms with Crippen molar-refractivity contribution in [3.8, 4) is 0 Å². The molecule has 15 heavy (non-hydrogen) atoms. The first kappa shape index (κ1) is 9.95. The van der Waals surface area contributed by atoms with E-state index in [-0.39, 0.29) is 24.6 Å². The van der Waals surface area contributed by atoms with E-state index in [9.17, 15) is 18.0 Å². The molecule has 0 atom stereocenters. The zero-order valence-electron chi connectivity index (χ0n) is 7.56. The van der Waals surface area contributed by atoms with Crippen molar-refractivity contribution in [2.24, 2.45) is 0 Å². The number of halogens is 3. The predicted molar refractivity (Wildman–Crippen MR) is 44.8 cm³/mol. The highest BCUT2D eigenvalue weighted by atomic mass is 19.4. The standard InChI is InChI=1S/C9H7F3N2O/c10-9(11,12)7-2-1-5-4-13-8(15)3-6(5)14-7/h1-2H,3-4H2,(H,13,15). The summed E-state index contributed by atoms with van der Waals surface area (Å²) in [4.78, 5) is 14.4. The van der Waals surface area contributed by atoms with Crippen molar-refractivity contribution in [1.82, 2.24) is 10.3 Å². The molecule has 0 fully saturated rings. The quantitative estimate of drug-likeness (QED) is 0.709. The molecule has 1 N–H and O–H groups in total. The average Bonchev–Trinajstić information content (AvgIpc) is 2.15. The molecule has 1 aromatic heterocycles. The van der Waals surface area contributed by atoms with E-state index in [4.69, 9.17) is 0 Å². The second-order valence-electron chi connectivity index (χ2n) is 3.25. The maximum Gasteiger partial charge on any atom is 0.433 e. The van der Waals surface area contributed by atoms with E-state index >= 15 is 0 Å². The van der Waals surface area contributed by atoms with Gasteiger partial charge in [-0.3, -0.25) is 4.79 Å². The minimum atomic E-state index is -4.46. The highest BCUT2D eigenvalue weighted by Gasteiger charge is 2.33. The van der Waals surface area contributed by atoms with Crippen LogP contribution in [0.4, 0.5) is 13.2 Å². The van der Waals surface area contributed by atoms with Crippen LogP contribution < -0.4 is 5.32 Å². The summed E-state index contributed by atoms with van der Waals surface area (Å²) in [6, 6.07) is 2.28. The highest BCUT2D eigenvalue weighted by molar-refractivity contribution is 5.80. The van der Waals surface area contributed by atoms with Crippen LogP contribution in [0.25, 0.3) is 0 Å². The van der Waals surface area contributed by atoms with Gasteiger partial charge in [0.15, 0.2) is 0 Å². The van der Waals surface area contributed by atoms with Crippen molar-refractivity contribution in [3.05, 3.63) is 29.1 Å². The summed E-state index contributed by atoms with van der Waals surface area (Å²) in [5.74, 6) is -0.297. The Morgan fingerprint density at radius 2 is 2.07 bits per heavy atom. The number of rotatable bonds is 0. The largest absolute Gasteiger partial charge is 0.433 e. The molecule has 6 heteroatoms. The number of pyridine rings is 1. The Labute approximate surface area is 83.3 Å². The zero-order chi connectivity index (χ0) is 11.1. The third-order valence-corrected chi connectivity index (χ3v) is 2.16. The number of aromatic nitrogens is 1. The van der Waals surface area contributed by atoms with Gasteiger partial charge in [-0.1, -0.05) is 6.07 Å². The summed E-state index contributed by atoms with van der Waals surface area (Å²) in [6.07, 6.45) is -4.54. The van der Waals surface area contributed by atoms with Gasteiger partial charge in [0.05, 0.1) is 12.1 Å². The molecule has 2 heterocycles. The second kappa shape index (κ2) is 3.22. The Bertz CT molecular complexity index is 414. The molecule has 0 saturated heterocycles. The zero-order valence-corrected chi connectivity index (χ0v) is 7.56. The van der Waals surface area contributed by atoms with Gasteiger partial charge in [-0.05, 0) is 11.6 Å². The number of fused-ring (bicyclic) bond motifs is 1. The molecule has 2 rings (SSSR count). The lowest BCUT2D eigenvalue weighted by Gasteiger charge is -2.17. The molecule has 1 aliphatic rings. The average molecular weight is 216 g/mol. The molecule has 0 aromatic carbocycles. The monoisotopic (exact) mass is 216 g/mol. The van der Waals surface area contributed by atoms with Gasteiger partial charge in [-0.25, -0.2) is 4.98 Å². The fourth-order valence-electron chi connectivity index (χ4n) is 1.41. The van der Waals surface area contributed by atoms with E-state index in [1.165, 1.54) is 6.07 Å². The Morgan fingerprint density at radius 3 is 2.73 bits per heavy atom. The molecule has 0 saturated carbocycles. The van der Waals surface area contributed by atoms with Crippen LogP contribution in [-0.2, 0) is 23.9 Å². The lowest BCUT2D eigenvalue weighted by atomic mass is 10.1. The summed E-state index contributed by atoms with van der Waals surface area (Å²) < 4.78 is 36.9. The van der Waals surface area contributed by atoms with Gasteiger partial charge in [0.1, 0.15) is 5.69 Å². The van der Waals surface area contributed by atoms with Gasteiger partial charge in [0, 0.05) is 6.54 Å². The molecular weight excluding hydrogens is 209 g/mol. The van der Waals surface area contributed by atoms with E-state index in [0.717, 1.165) is 6.07 Å². The molecule has 1 aromatic rings. The Hall–Kier alpha value is -1.59. The topological polar surface area (TPSA) is 42.0 Å². The number of amides is 1. The maximum atomic E-state index is 12.3. The van der Waals surface area contributed by atoms with Gasteiger partial charge in [0.25, 0.3) is 0 Å². The molecule has 1 amide bonds. The summed E-state index contributed by atoms with van der Waals surface area (Å²) in [6.45, 7) is 0.249. The summed E-state index contributed by atoms with van der Waals surface area (Å²) in [5, 5.41) is 2.54. The van der Waals surface area contributed by atoms with Crippen LogP contribution >= 0.6 is 0 Å². The molecule has 80 valence electrons. The third kappa shape index (κ3) is 1.93. The summed E-state index contributed by atoms with van der Waals surface area (Å²) in [5.41, 5.74) is -0.0906. The first-order valence-corrected chi connectivity index (χ1v) is 4.29. The van der Waals surface area contributed by atoms with Crippen LogP contribution in [0.5, 0.6) is 0 Å².